The lowest BCUT2D eigenvalue weighted by atomic mass is 10.3. The molecule has 0 aliphatic heterocycles. The zero-order valence-corrected chi connectivity index (χ0v) is 10.2. The van der Waals surface area contributed by atoms with E-state index in [1.807, 2.05) is 6.07 Å². The summed E-state index contributed by atoms with van der Waals surface area (Å²) in [5.41, 5.74) is 1.20. The first-order valence-electron chi connectivity index (χ1n) is 5.72. The molecule has 0 amide bonds. The Hall–Kier alpha value is -0.840. The predicted molar refractivity (Wildman–Crippen MR) is 64.4 cm³/mol. The Balaban J connectivity index is 1.91. The van der Waals surface area contributed by atoms with E-state index in [1.165, 1.54) is 5.56 Å². The fourth-order valence-corrected chi connectivity index (χ4v) is 1.46. The van der Waals surface area contributed by atoms with Gasteiger partial charge in [-0.25, -0.2) is 0 Å². The first kappa shape index (κ1) is 13.2. The molecule has 0 bridgehead atoms. The molecule has 0 fully saturated rings. The zero-order valence-electron chi connectivity index (χ0n) is 10.2. The molecule has 92 valence electrons. The number of nitrogens with one attached hydrogen (secondary N) is 1. The summed E-state index contributed by atoms with van der Waals surface area (Å²) in [6.45, 7) is 4.82. The van der Waals surface area contributed by atoms with Crippen LogP contribution in [0.2, 0.25) is 0 Å². The van der Waals surface area contributed by atoms with Crippen LogP contribution >= 0.6 is 0 Å². The lowest BCUT2D eigenvalue weighted by Crippen LogP contribution is -2.26. The van der Waals surface area contributed by atoms with Crippen molar-refractivity contribution in [3.05, 3.63) is 24.2 Å². The van der Waals surface area contributed by atoms with E-state index >= 15 is 0 Å². The van der Waals surface area contributed by atoms with Crippen LogP contribution in [0, 0.1) is 0 Å². The summed E-state index contributed by atoms with van der Waals surface area (Å²) in [7, 11) is 3.86. The molecule has 0 saturated carbocycles. The van der Waals surface area contributed by atoms with Crippen LogP contribution in [0.15, 0.2) is 23.0 Å². The summed E-state index contributed by atoms with van der Waals surface area (Å²) in [5, 5.41) is 3.38. The molecule has 0 spiro atoms. The summed E-state index contributed by atoms with van der Waals surface area (Å²) in [6.07, 6.45) is 4.63. The Morgan fingerprint density at radius 2 is 2.31 bits per heavy atom. The van der Waals surface area contributed by atoms with Gasteiger partial charge in [-0.3, -0.25) is 0 Å². The molecule has 0 unspecified atom stereocenters. The first-order valence-corrected chi connectivity index (χ1v) is 5.72. The highest BCUT2D eigenvalue weighted by atomic mass is 16.5. The highest BCUT2D eigenvalue weighted by molar-refractivity contribution is 5.04. The highest BCUT2D eigenvalue weighted by Crippen LogP contribution is 1.98. The molecule has 0 radical (unpaired) electrons. The molecule has 0 aromatic carbocycles. The quantitative estimate of drug-likeness (QED) is 0.645. The maximum atomic E-state index is 5.02. The SMILES string of the molecule is COCCN(C)CCCNCc1ccoc1. The van der Waals surface area contributed by atoms with Gasteiger partial charge in [-0.05, 0) is 32.6 Å². The Morgan fingerprint density at radius 3 is 3.00 bits per heavy atom. The minimum Gasteiger partial charge on any atom is -0.472 e. The van der Waals surface area contributed by atoms with Gasteiger partial charge in [0.25, 0.3) is 0 Å². The Labute approximate surface area is 97.6 Å². The zero-order chi connectivity index (χ0) is 11.6. The third-order valence-corrected chi connectivity index (χ3v) is 2.48. The lowest BCUT2D eigenvalue weighted by molar-refractivity contribution is 0.160. The lowest BCUT2D eigenvalue weighted by Gasteiger charge is -2.15. The summed E-state index contributed by atoms with van der Waals surface area (Å²) in [5.74, 6) is 0. The van der Waals surface area contributed by atoms with Gasteiger partial charge in [0, 0.05) is 25.8 Å². The smallest absolute Gasteiger partial charge is 0.0947 e. The molecule has 1 aromatic rings. The van der Waals surface area contributed by atoms with E-state index in [0.29, 0.717) is 0 Å². The number of nitrogens with zero attached hydrogens (tertiary/aromatic N) is 1. The summed E-state index contributed by atoms with van der Waals surface area (Å²) < 4.78 is 10.0. The van der Waals surface area contributed by atoms with E-state index < -0.39 is 0 Å². The highest BCUT2D eigenvalue weighted by Gasteiger charge is 1.97. The van der Waals surface area contributed by atoms with Gasteiger partial charge in [-0.15, -0.1) is 0 Å². The van der Waals surface area contributed by atoms with Crippen LogP contribution in [-0.2, 0) is 11.3 Å². The van der Waals surface area contributed by atoms with E-state index in [2.05, 4.69) is 17.3 Å². The Bertz CT molecular complexity index is 250. The number of rotatable bonds is 9. The van der Waals surface area contributed by atoms with Gasteiger partial charge in [0.1, 0.15) is 0 Å². The topological polar surface area (TPSA) is 37.6 Å². The van der Waals surface area contributed by atoms with Crippen molar-refractivity contribution in [1.29, 1.82) is 0 Å². The monoisotopic (exact) mass is 226 g/mol. The van der Waals surface area contributed by atoms with Crippen molar-refractivity contribution in [3.63, 3.8) is 0 Å². The van der Waals surface area contributed by atoms with Gasteiger partial charge in [-0.1, -0.05) is 0 Å². The van der Waals surface area contributed by atoms with E-state index in [9.17, 15) is 0 Å². The second-order valence-electron chi connectivity index (χ2n) is 3.96. The minimum atomic E-state index is 0.805. The molecule has 1 aromatic heterocycles. The molecule has 1 N–H and O–H groups in total. The third kappa shape index (κ3) is 5.90. The van der Waals surface area contributed by atoms with E-state index in [4.69, 9.17) is 9.15 Å². The normalized spacial score (nSPS) is 11.2. The average molecular weight is 226 g/mol. The van der Waals surface area contributed by atoms with Gasteiger partial charge >= 0.3 is 0 Å². The summed E-state index contributed by atoms with van der Waals surface area (Å²) in [4.78, 5) is 2.28. The van der Waals surface area contributed by atoms with Gasteiger partial charge in [0.05, 0.1) is 19.1 Å². The Kier molecular flexibility index (Phi) is 6.88. The largest absolute Gasteiger partial charge is 0.472 e. The van der Waals surface area contributed by atoms with Crippen LogP contribution in [0.4, 0.5) is 0 Å². The van der Waals surface area contributed by atoms with Crippen LogP contribution < -0.4 is 5.32 Å². The van der Waals surface area contributed by atoms with Gasteiger partial charge in [0.2, 0.25) is 0 Å². The number of furan rings is 1. The molecular formula is C12H22N2O2. The van der Waals surface area contributed by atoms with E-state index in [0.717, 1.165) is 39.2 Å². The van der Waals surface area contributed by atoms with Crippen molar-refractivity contribution in [2.45, 2.75) is 13.0 Å². The van der Waals surface area contributed by atoms with Gasteiger partial charge in [-0.2, -0.15) is 0 Å². The standard InChI is InChI=1S/C12H22N2O2/c1-14(7-9-15-2)6-3-5-13-10-12-4-8-16-11-12/h4,8,11,13H,3,5-7,9-10H2,1-2H3. The Morgan fingerprint density at radius 1 is 1.44 bits per heavy atom. The average Bonchev–Trinajstić information content (AvgIpc) is 2.79. The number of hydrogen-bond donors (Lipinski definition) is 1. The predicted octanol–water partition coefficient (Wildman–Crippen LogP) is 1.34. The number of ether oxygens (including phenoxy) is 1. The van der Waals surface area contributed by atoms with Crippen LogP contribution in [-0.4, -0.2) is 45.3 Å². The van der Waals surface area contributed by atoms with Crippen molar-refractivity contribution in [1.82, 2.24) is 10.2 Å². The van der Waals surface area contributed by atoms with Crippen LogP contribution in [0.3, 0.4) is 0 Å². The molecule has 16 heavy (non-hydrogen) atoms. The molecule has 0 atom stereocenters. The molecule has 0 aliphatic carbocycles. The maximum absolute atomic E-state index is 5.02. The molecule has 4 nitrogen and oxygen atoms in total. The second-order valence-corrected chi connectivity index (χ2v) is 3.96. The number of methoxy groups -OCH3 is 1. The summed E-state index contributed by atoms with van der Waals surface area (Å²) >= 11 is 0. The molecule has 0 aliphatic rings. The minimum absolute atomic E-state index is 0.805. The van der Waals surface area contributed by atoms with Crippen molar-refractivity contribution >= 4 is 0 Å². The fourth-order valence-electron chi connectivity index (χ4n) is 1.46. The first-order chi connectivity index (χ1) is 7.83. The van der Waals surface area contributed by atoms with Gasteiger partial charge < -0.3 is 19.4 Å². The second kappa shape index (κ2) is 8.33. The molecule has 0 saturated heterocycles. The number of hydrogen-bond acceptors (Lipinski definition) is 4. The molecule has 1 heterocycles. The van der Waals surface area contributed by atoms with Crippen LogP contribution in [0.1, 0.15) is 12.0 Å². The number of likely N-dealkylation sites (N-methyl/N-ethyl adjacent to an activating group) is 1. The van der Waals surface area contributed by atoms with Gasteiger partial charge in [0.15, 0.2) is 0 Å². The maximum Gasteiger partial charge on any atom is 0.0947 e. The van der Waals surface area contributed by atoms with E-state index in [-0.39, 0.29) is 0 Å². The van der Waals surface area contributed by atoms with Crippen LogP contribution in [0.5, 0.6) is 0 Å². The summed E-state index contributed by atoms with van der Waals surface area (Å²) in [6, 6.07) is 1.98. The molecule has 4 heteroatoms. The van der Waals surface area contributed by atoms with Crippen molar-refractivity contribution in [2.75, 3.05) is 40.4 Å². The van der Waals surface area contributed by atoms with E-state index in [1.54, 1.807) is 19.6 Å². The van der Waals surface area contributed by atoms with Crippen molar-refractivity contribution in [3.8, 4) is 0 Å². The van der Waals surface area contributed by atoms with Crippen LogP contribution in [0.25, 0.3) is 0 Å². The molecular weight excluding hydrogens is 204 g/mol. The fraction of sp³-hybridized carbons (Fsp3) is 0.667. The molecule has 1 rings (SSSR count). The van der Waals surface area contributed by atoms with Crippen molar-refractivity contribution in [2.24, 2.45) is 0 Å². The van der Waals surface area contributed by atoms with Crippen molar-refractivity contribution < 1.29 is 9.15 Å². The third-order valence-electron chi connectivity index (χ3n) is 2.48.